The van der Waals surface area contributed by atoms with Gasteiger partial charge in [-0.05, 0) is 49.2 Å². The number of amidine groups is 1. The van der Waals surface area contributed by atoms with Crippen LogP contribution in [0.3, 0.4) is 0 Å². The van der Waals surface area contributed by atoms with E-state index in [1.165, 1.54) is 11.8 Å². The van der Waals surface area contributed by atoms with E-state index in [9.17, 15) is 9.59 Å². The van der Waals surface area contributed by atoms with E-state index in [2.05, 4.69) is 5.32 Å². The molecule has 1 fully saturated rings. The zero-order valence-corrected chi connectivity index (χ0v) is 18.5. The molecule has 1 N–H and O–H groups in total. The van der Waals surface area contributed by atoms with Gasteiger partial charge in [0.25, 0.3) is 5.91 Å². The Morgan fingerprint density at radius 1 is 0.875 bits per heavy atom. The second kappa shape index (κ2) is 10.8. The number of rotatable bonds is 8. The Morgan fingerprint density at radius 3 is 2.19 bits per heavy atom. The minimum atomic E-state index is -0.178. The fourth-order valence-electron chi connectivity index (χ4n) is 3.50. The smallest absolute Gasteiger partial charge is 0.251 e. The molecule has 0 saturated carbocycles. The fourth-order valence-corrected chi connectivity index (χ4v) is 4.71. The predicted octanol–water partition coefficient (Wildman–Crippen LogP) is 5.42. The van der Waals surface area contributed by atoms with Crippen molar-refractivity contribution in [1.82, 2.24) is 5.32 Å². The van der Waals surface area contributed by atoms with Crippen LogP contribution in [-0.2, 0) is 4.79 Å². The highest BCUT2D eigenvalue weighted by Crippen LogP contribution is 2.35. The number of carbonyl (C=O) groups is 2. The van der Waals surface area contributed by atoms with Crippen molar-refractivity contribution in [3.63, 3.8) is 0 Å². The van der Waals surface area contributed by atoms with Gasteiger partial charge in [0.1, 0.15) is 0 Å². The number of thioether (sulfide) groups is 1. The summed E-state index contributed by atoms with van der Waals surface area (Å²) in [6, 6.07) is 28.5. The van der Waals surface area contributed by atoms with Gasteiger partial charge >= 0.3 is 0 Å². The highest BCUT2D eigenvalue weighted by molar-refractivity contribution is 8.16. The van der Waals surface area contributed by atoms with Crippen LogP contribution in [-0.4, -0.2) is 28.8 Å². The monoisotopic (exact) mass is 443 g/mol. The van der Waals surface area contributed by atoms with Crippen LogP contribution >= 0.6 is 11.8 Å². The van der Waals surface area contributed by atoms with Gasteiger partial charge in [0.15, 0.2) is 5.17 Å². The van der Waals surface area contributed by atoms with E-state index in [1.807, 2.05) is 78.9 Å². The second-order valence-electron chi connectivity index (χ2n) is 7.46. The third-order valence-corrected chi connectivity index (χ3v) is 6.35. The molecule has 0 bridgehead atoms. The molecule has 6 heteroatoms. The number of para-hydroxylation sites is 2. The standard InChI is InChI=1S/C26H25N3O2S/c30-24(20-12-4-1-5-13-20)27-19-11-10-18-23-25(31)29(22-16-8-3-9-17-22)26(32-23)28-21-14-6-2-7-15-21/h1-9,12-17,23H,10-11,18-19H2,(H,27,30). The first kappa shape index (κ1) is 21.8. The molecule has 1 unspecified atom stereocenters. The first-order valence-electron chi connectivity index (χ1n) is 10.7. The average molecular weight is 444 g/mol. The van der Waals surface area contributed by atoms with Gasteiger partial charge in [0.05, 0.1) is 16.6 Å². The molecule has 0 spiro atoms. The van der Waals surface area contributed by atoms with Crippen molar-refractivity contribution >= 4 is 40.1 Å². The largest absolute Gasteiger partial charge is 0.352 e. The van der Waals surface area contributed by atoms with Gasteiger partial charge in [-0.1, -0.05) is 72.8 Å². The van der Waals surface area contributed by atoms with Crippen molar-refractivity contribution in [3.05, 3.63) is 96.6 Å². The molecule has 32 heavy (non-hydrogen) atoms. The summed E-state index contributed by atoms with van der Waals surface area (Å²) in [6.07, 6.45) is 2.40. The summed E-state index contributed by atoms with van der Waals surface area (Å²) in [6.45, 7) is 0.590. The maximum absolute atomic E-state index is 13.2. The SMILES string of the molecule is O=C(NCCCCC1SC(=Nc2ccccc2)N(c2ccccc2)C1=O)c1ccccc1. The lowest BCUT2D eigenvalue weighted by molar-refractivity contribution is -0.117. The summed E-state index contributed by atoms with van der Waals surface area (Å²) in [5.41, 5.74) is 2.32. The molecule has 0 radical (unpaired) electrons. The van der Waals surface area contributed by atoms with Gasteiger partial charge in [-0.3, -0.25) is 14.5 Å². The number of hydrogen-bond acceptors (Lipinski definition) is 4. The number of unbranched alkanes of at least 4 members (excludes halogenated alkanes) is 1. The number of nitrogens with one attached hydrogen (secondary N) is 1. The number of benzene rings is 3. The molecule has 5 nitrogen and oxygen atoms in total. The van der Waals surface area contributed by atoms with Crippen LogP contribution in [0.15, 0.2) is 96.0 Å². The zero-order chi connectivity index (χ0) is 22.2. The lowest BCUT2D eigenvalue weighted by Crippen LogP contribution is -2.32. The first-order chi connectivity index (χ1) is 15.7. The van der Waals surface area contributed by atoms with Gasteiger partial charge in [0, 0.05) is 12.1 Å². The molecular formula is C26H25N3O2S. The fraction of sp³-hybridized carbons (Fsp3) is 0.192. The Labute approximate surface area is 192 Å². The number of hydrogen-bond donors (Lipinski definition) is 1. The first-order valence-corrected chi connectivity index (χ1v) is 11.6. The maximum atomic E-state index is 13.2. The van der Waals surface area contributed by atoms with E-state index < -0.39 is 0 Å². The van der Waals surface area contributed by atoms with Crippen LogP contribution in [0.1, 0.15) is 29.6 Å². The van der Waals surface area contributed by atoms with E-state index in [-0.39, 0.29) is 17.1 Å². The van der Waals surface area contributed by atoms with Crippen molar-refractivity contribution in [1.29, 1.82) is 0 Å². The Balaban J connectivity index is 1.36. The predicted molar refractivity (Wildman–Crippen MR) is 131 cm³/mol. The molecule has 2 amide bonds. The lowest BCUT2D eigenvalue weighted by Gasteiger charge is -2.16. The van der Waals surface area contributed by atoms with E-state index in [1.54, 1.807) is 17.0 Å². The Hall–Kier alpha value is -3.38. The van der Waals surface area contributed by atoms with E-state index in [0.29, 0.717) is 17.3 Å². The van der Waals surface area contributed by atoms with Crippen LogP contribution in [0, 0.1) is 0 Å². The third-order valence-electron chi connectivity index (χ3n) is 5.14. The molecule has 0 aliphatic carbocycles. The lowest BCUT2D eigenvalue weighted by atomic mass is 10.1. The van der Waals surface area contributed by atoms with E-state index >= 15 is 0 Å². The molecule has 1 atom stereocenters. The van der Waals surface area contributed by atoms with Gasteiger partial charge in [0.2, 0.25) is 5.91 Å². The van der Waals surface area contributed by atoms with Crippen molar-refractivity contribution in [3.8, 4) is 0 Å². The minimum Gasteiger partial charge on any atom is -0.352 e. The molecular weight excluding hydrogens is 418 g/mol. The van der Waals surface area contributed by atoms with Crippen molar-refractivity contribution in [2.75, 3.05) is 11.4 Å². The van der Waals surface area contributed by atoms with Gasteiger partial charge in [-0.2, -0.15) is 0 Å². The van der Waals surface area contributed by atoms with Crippen molar-refractivity contribution in [2.24, 2.45) is 4.99 Å². The minimum absolute atomic E-state index is 0.0594. The molecule has 3 aromatic rings. The Morgan fingerprint density at radius 2 is 1.50 bits per heavy atom. The summed E-state index contributed by atoms with van der Waals surface area (Å²) in [7, 11) is 0. The molecule has 3 aromatic carbocycles. The molecule has 1 saturated heterocycles. The van der Waals surface area contributed by atoms with Gasteiger partial charge in [-0.25, -0.2) is 4.99 Å². The Kier molecular flexibility index (Phi) is 7.35. The molecule has 162 valence electrons. The van der Waals surface area contributed by atoms with Crippen molar-refractivity contribution < 1.29 is 9.59 Å². The highest BCUT2D eigenvalue weighted by Gasteiger charge is 2.38. The summed E-state index contributed by atoms with van der Waals surface area (Å²) in [4.78, 5) is 31.8. The Bertz CT molecular complexity index is 1070. The van der Waals surface area contributed by atoms with Crippen LogP contribution in [0.5, 0.6) is 0 Å². The summed E-state index contributed by atoms with van der Waals surface area (Å²) in [5.74, 6) is -0.00588. The van der Waals surface area contributed by atoms with Crippen LogP contribution in [0.25, 0.3) is 0 Å². The number of amides is 2. The van der Waals surface area contributed by atoms with Crippen LogP contribution in [0.2, 0.25) is 0 Å². The molecule has 0 aromatic heterocycles. The van der Waals surface area contributed by atoms with E-state index in [0.717, 1.165) is 30.6 Å². The third kappa shape index (κ3) is 5.45. The van der Waals surface area contributed by atoms with Crippen LogP contribution < -0.4 is 10.2 Å². The number of carbonyl (C=O) groups excluding carboxylic acids is 2. The summed E-state index contributed by atoms with van der Waals surface area (Å²) >= 11 is 1.52. The molecule has 4 rings (SSSR count). The summed E-state index contributed by atoms with van der Waals surface area (Å²) in [5, 5.41) is 3.47. The number of anilines is 1. The number of nitrogens with zero attached hydrogens (tertiary/aromatic N) is 2. The van der Waals surface area contributed by atoms with E-state index in [4.69, 9.17) is 4.99 Å². The zero-order valence-electron chi connectivity index (χ0n) is 17.7. The molecule has 1 aliphatic heterocycles. The molecule has 1 aliphatic rings. The van der Waals surface area contributed by atoms with Crippen LogP contribution in [0.4, 0.5) is 11.4 Å². The average Bonchev–Trinajstić information content (AvgIpc) is 3.15. The van der Waals surface area contributed by atoms with Gasteiger partial charge < -0.3 is 5.32 Å². The maximum Gasteiger partial charge on any atom is 0.251 e. The number of aliphatic imine (C=N–C) groups is 1. The normalized spacial score (nSPS) is 17.0. The van der Waals surface area contributed by atoms with Gasteiger partial charge in [-0.15, -0.1) is 0 Å². The van der Waals surface area contributed by atoms with Crippen molar-refractivity contribution in [2.45, 2.75) is 24.5 Å². The molecule has 1 heterocycles. The quantitative estimate of drug-likeness (QED) is 0.473. The topological polar surface area (TPSA) is 61.8 Å². The highest BCUT2D eigenvalue weighted by atomic mass is 32.2. The summed E-state index contributed by atoms with van der Waals surface area (Å²) < 4.78 is 0. The second-order valence-corrected chi connectivity index (χ2v) is 8.63.